The molecule has 0 amide bonds. The van der Waals surface area contributed by atoms with Crippen LogP contribution in [0, 0.1) is 31.1 Å². The summed E-state index contributed by atoms with van der Waals surface area (Å²) in [6.07, 6.45) is 0. The maximum atomic E-state index is 2.00. The molecule has 0 saturated carbocycles. The average Bonchev–Trinajstić information content (AvgIpc) is 1.39. The van der Waals surface area contributed by atoms with Gasteiger partial charge in [0.25, 0.3) is 0 Å². The second-order valence-corrected chi connectivity index (χ2v) is 1.15. The number of hydrogen-bond acceptors (Lipinski definition) is 0. The molecule has 38 valence electrons. The predicted octanol–water partition coefficient (Wildman–Crippen LogP) is 1.57. The van der Waals surface area contributed by atoms with Gasteiger partial charge in [-0.05, 0) is 0 Å². The SMILES string of the molecule is C[B]C.C[B]C.[U]. The minimum absolute atomic E-state index is 0. The molecule has 0 aromatic rings. The summed E-state index contributed by atoms with van der Waals surface area (Å²) in [4.78, 5) is 0. The minimum Gasteiger partial charge on any atom is -0.0922 e. The van der Waals surface area contributed by atoms with Crippen LogP contribution < -0.4 is 0 Å². The molecule has 3 heteroatoms. The van der Waals surface area contributed by atoms with E-state index in [0.717, 1.165) is 0 Å². The molecule has 0 bridgehead atoms. The van der Waals surface area contributed by atoms with Gasteiger partial charge in [-0.15, -0.1) is 0 Å². The van der Waals surface area contributed by atoms with Gasteiger partial charge in [0.05, 0.1) is 0 Å². The molecule has 0 aromatic heterocycles. The molecule has 0 heterocycles. The van der Waals surface area contributed by atoms with Crippen LogP contribution in [0.15, 0.2) is 0 Å². The third kappa shape index (κ3) is 138. The van der Waals surface area contributed by atoms with E-state index in [9.17, 15) is 0 Å². The largest absolute Gasteiger partial charge is 0.102 e. The molecular weight excluding hydrogens is 308 g/mol. The van der Waals surface area contributed by atoms with E-state index in [1.54, 1.807) is 0 Å². The first-order valence-corrected chi connectivity index (χ1v) is 2.31. The molecule has 2 radical (unpaired) electrons. The zero-order chi connectivity index (χ0) is 5.41. The molecular formula is C4H12B2U. The first-order valence-electron chi connectivity index (χ1n) is 2.31. The van der Waals surface area contributed by atoms with E-state index < -0.39 is 0 Å². The third-order valence-corrected chi connectivity index (χ3v) is 0. The van der Waals surface area contributed by atoms with Crippen LogP contribution in [0.1, 0.15) is 0 Å². The summed E-state index contributed by atoms with van der Waals surface area (Å²) in [6, 6.07) is 0. The topological polar surface area (TPSA) is 0 Å². The van der Waals surface area contributed by atoms with Crippen LogP contribution in [0.4, 0.5) is 0 Å². The Bertz CT molecular complexity index is 11.7. The van der Waals surface area contributed by atoms with Crippen molar-refractivity contribution in [2.24, 2.45) is 0 Å². The van der Waals surface area contributed by atoms with Crippen LogP contribution in [0.2, 0.25) is 27.3 Å². The molecule has 0 saturated heterocycles. The maximum Gasteiger partial charge on any atom is 0.102 e. The van der Waals surface area contributed by atoms with Gasteiger partial charge in [-0.1, -0.05) is 27.3 Å². The molecule has 0 atom stereocenters. The Morgan fingerprint density at radius 3 is 0.714 bits per heavy atom. The standard InChI is InChI=1S/2C2H6B.U/c2*1-3-2;/h2*1-2H3;. The van der Waals surface area contributed by atoms with Gasteiger partial charge in [0.15, 0.2) is 0 Å². The van der Waals surface area contributed by atoms with Gasteiger partial charge in [-0.25, -0.2) is 0 Å². The fourth-order valence-electron chi connectivity index (χ4n) is 0. The van der Waals surface area contributed by atoms with E-state index >= 15 is 0 Å². The van der Waals surface area contributed by atoms with Gasteiger partial charge in [0.2, 0.25) is 0 Å². The summed E-state index contributed by atoms with van der Waals surface area (Å²) < 4.78 is 0. The van der Waals surface area contributed by atoms with Crippen LogP contribution in [0.3, 0.4) is 0 Å². The maximum absolute atomic E-state index is 2.00. The normalized spacial score (nSPS) is 4.00. The Kier molecular flexibility index (Phi) is 60.9. The summed E-state index contributed by atoms with van der Waals surface area (Å²) in [5.74, 6) is 0. The molecule has 0 unspecified atom stereocenters. The Labute approximate surface area is 72.7 Å². The van der Waals surface area contributed by atoms with Crippen LogP contribution in [-0.4, -0.2) is 14.6 Å². The average molecular weight is 320 g/mol. The molecule has 0 fully saturated rings. The van der Waals surface area contributed by atoms with Gasteiger partial charge >= 0.3 is 0 Å². The quantitative estimate of drug-likeness (QED) is 0.595. The predicted molar refractivity (Wildman–Crippen MR) is 35.0 cm³/mol. The van der Waals surface area contributed by atoms with Crippen molar-refractivity contribution < 1.29 is 31.1 Å². The van der Waals surface area contributed by atoms with Crippen molar-refractivity contribution in [1.82, 2.24) is 0 Å². The van der Waals surface area contributed by atoms with Crippen molar-refractivity contribution in [3.63, 3.8) is 0 Å². The Morgan fingerprint density at radius 2 is 0.714 bits per heavy atom. The second-order valence-electron chi connectivity index (χ2n) is 1.15. The molecule has 7 heavy (non-hydrogen) atoms. The molecule has 0 spiro atoms. The second kappa shape index (κ2) is 27.1. The smallest absolute Gasteiger partial charge is 0.0922 e. The van der Waals surface area contributed by atoms with Crippen molar-refractivity contribution in [3.8, 4) is 0 Å². The zero-order valence-corrected chi connectivity index (χ0v) is 9.82. The van der Waals surface area contributed by atoms with E-state index in [-0.39, 0.29) is 31.1 Å². The first-order chi connectivity index (χ1) is 2.83. The zero-order valence-electron chi connectivity index (χ0n) is 5.65. The van der Waals surface area contributed by atoms with E-state index in [1.807, 2.05) is 41.9 Å². The minimum atomic E-state index is 0. The summed E-state index contributed by atoms with van der Waals surface area (Å²) in [5, 5.41) is 0. The van der Waals surface area contributed by atoms with Crippen molar-refractivity contribution in [3.05, 3.63) is 0 Å². The van der Waals surface area contributed by atoms with Crippen LogP contribution in [-0.2, 0) is 0 Å². The van der Waals surface area contributed by atoms with Gasteiger partial charge in [0.1, 0.15) is 14.6 Å². The van der Waals surface area contributed by atoms with Crippen LogP contribution >= 0.6 is 0 Å². The number of hydrogen-bond donors (Lipinski definition) is 0. The van der Waals surface area contributed by atoms with Gasteiger partial charge < -0.3 is 0 Å². The van der Waals surface area contributed by atoms with Gasteiger partial charge in [0, 0.05) is 31.1 Å². The van der Waals surface area contributed by atoms with Crippen molar-refractivity contribution in [2.75, 3.05) is 0 Å². The van der Waals surface area contributed by atoms with E-state index in [0.29, 0.717) is 0 Å². The first kappa shape index (κ1) is 15.7. The van der Waals surface area contributed by atoms with Crippen molar-refractivity contribution in [1.29, 1.82) is 0 Å². The molecule has 0 nitrogen and oxygen atoms in total. The molecule has 0 aromatic carbocycles. The molecule has 0 aliphatic rings. The molecule has 0 aliphatic carbocycles. The van der Waals surface area contributed by atoms with E-state index in [1.165, 1.54) is 0 Å². The summed E-state index contributed by atoms with van der Waals surface area (Å²) in [5.41, 5.74) is 0. The molecule has 0 aliphatic heterocycles. The Balaban J connectivity index is -0.0000000400. The monoisotopic (exact) mass is 320 g/mol. The van der Waals surface area contributed by atoms with Crippen LogP contribution in [0.5, 0.6) is 0 Å². The summed E-state index contributed by atoms with van der Waals surface area (Å²) in [7, 11) is 4.00. The fraction of sp³-hybridized carbons (Fsp3) is 1.00. The van der Waals surface area contributed by atoms with Gasteiger partial charge in [-0.2, -0.15) is 0 Å². The van der Waals surface area contributed by atoms with E-state index in [2.05, 4.69) is 0 Å². The Morgan fingerprint density at radius 1 is 0.714 bits per heavy atom. The van der Waals surface area contributed by atoms with Crippen LogP contribution in [0.25, 0.3) is 0 Å². The Hall–Kier alpha value is 1.18. The number of rotatable bonds is 0. The van der Waals surface area contributed by atoms with Gasteiger partial charge in [-0.3, -0.25) is 0 Å². The third-order valence-electron chi connectivity index (χ3n) is 0. The van der Waals surface area contributed by atoms with Crippen molar-refractivity contribution >= 4 is 14.6 Å². The summed E-state index contributed by atoms with van der Waals surface area (Å²) >= 11 is 0. The van der Waals surface area contributed by atoms with E-state index in [4.69, 9.17) is 0 Å². The molecule has 0 N–H and O–H groups in total. The fourth-order valence-corrected chi connectivity index (χ4v) is 0. The van der Waals surface area contributed by atoms with Crippen molar-refractivity contribution in [2.45, 2.75) is 27.3 Å². The molecule has 0 rings (SSSR count). The summed E-state index contributed by atoms with van der Waals surface area (Å²) in [6.45, 7) is 8.00.